The van der Waals surface area contributed by atoms with Crippen molar-refractivity contribution < 1.29 is 19.2 Å². The standard InChI is InChI=1S/C13H10N2O4/c16-10-7-6-9-12(18)15(13(19)14(9)10)11(17)8-4-2-1-3-5-8/h1-5,9H,6-7H2. The molecule has 0 radical (unpaired) electrons. The van der Waals surface area contributed by atoms with E-state index in [-0.39, 0.29) is 12.0 Å². The van der Waals surface area contributed by atoms with Crippen LogP contribution in [0.4, 0.5) is 4.79 Å². The number of imide groups is 4. The first-order valence-corrected chi connectivity index (χ1v) is 5.90. The van der Waals surface area contributed by atoms with Crippen molar-refractivity contribution in [3.63, 3.8) is 0 Å². The van der Waals surface area contributed by atoms with Gasteiger partial charge in [-0.1, -0.05) is 18.2 Å². The summed E-state index contributed by atoms with van der Waals surface area (Å²) in [6.07, 6.45) is 0.470. The van der Waals surface area contributed by atoms with Gasteiger partial charge in [-0.3, -0.25) is 19.3 Å². The lowest BCUT2D eigenvalue weighted by Crippen LogP contribution is -2.39. The van der Waals surface area contributed by atoms with Gasteiger partial charge in [0.2, 0.25) is 5.91 Å². The van der Waals surface area contributed by atoms with Crippen LogP contribution in [-0.4, -0.2) is 39.6 Å². The number of benzene rings is 1. The summed E-state index contributed by atoms with van der Waals surface area (Å²) < 4.78 is 0. The van der Waals surface area contributed by atoms with E-state index in [1.54, 1.807) is 18.2 Å². The first-order valence-electron chi connectivity index (χ1n) is 5.90. The molecule has 0 aromatic heterocycles. The SMILES string of the molecule is O=C(c1ccccc1)N1C(=O)C2CCC(=O)N2C1=O. The number of urea groups is 1. The first kappa shape index (κ1) is 11.6. The van der Waals surface area contributed by atoms with Crippen molar-refractivity contribution >= 4 is 23.8 Å². The molecule has 2 heterocycles. The summed E-state index contributed by atoms with van der Waals surface area (Å²) in [6.45, 7) is 0. The fourth-order valence-corrected chi connectivity index (χ4v) is 2.41. The fraction of sp³-hybridized carbons (Fsp3) is 0.231. The molecule has 2 fully saturated rings. The molecule has 2 saturated heterocycles. The Kier molecular flexibility index (Phi) is 2.45. The summed E-state index contributed by atoms with van der Waals surface area (Å²) in [5.41, 5.74) is 0.248. The molecule has 1 aromatic rings. The molecule has 0 spiro atoms. The second-order valence-corrected chi connectivity index (χ2v) is 4.45. The molecule has 3 rings (SSSR count). The van der Waals surface area contributed by atoms with Crippen LogP contribution in [-0.2, 0) is 9.59 Å². The summed E-state index contributed by atoms with van der Waals surface area (Å²) in [4.78, 5) is 49.2. The summed E-state index contributed by atoms with van der Waals surface area (Å²) in [5, 5.41) is 0. The minimum Gasteiger partial charge on any atom is -0.274 e. The number of amides is 5. The Morgan fingerprint density at radius 3 is 2.42 bits per heavy atom. The topological polar surface area (TPSA) is 74.8 Å². The number of hydrogen-bond donors (Lipinski definition) is 0. The highest BCUT2D eigenvalue weighted by molar-refractivity contribution is 6.24. The smallest absolute Gasteiger partial charge is 0.274 e. The number of carbonyl (C=O) groups is 4. The van der Waals surface area contributed by atoms with Crippen LogP contribution in [0.25, 0.3) is 0 Å². The zero-order valence-electron chi connectivity index (χ0n) is 9.91. The van der Waals surface area contributed by atoms with Crippen molar-refractivity contribution in [3.8, 4) is 0 Å². The lowest BCUT2D eigenvalue weighted by molar-refractivity contribution is -0.129. The highest BCUT2D eigenvalue weighted by Gasteiger charge is 2.54. The molecule has 0 bridgehead atoms. The number of nitrogens with zero attached hydrogens (tertiary/aromatic N) is 2. The molecule has 19 heavy (non-hydrogen) atoms. The van der Waals surface area contributed by atoms with Crippen molar-refractivity contribution in [2.45, 2.75) is 18.9 Å². The van der Waals surface area contributed by atoms with Crippen molar-refractivity contribution in [1.29, 1.82) is 0 Å². The Morgan fingerprint density at radius 2 is 1.79 bits per heavy atom. The molecule has 1 unspecified atom stereocenters. The second-order valence-electron chi connectivity index (χ2n) is 4.45. The Morgan fingerprint density at radius 1 is 1.11 bits per heavy atom. The average molecular weight is 258 g/mol. The van der Waals surface area contributed by atoms with Crippen molar-refractivity contribution in [2.24, 2.45) is 0 Å². The van der Waals surface area contributed by atoms with Gasteiger partial charge in [0, 0.05) is 12.0 Å². The van der Waals surface area contributed by atoms with E-state index in [1.165, 1.54) is 12.1 Å². The van der Waals surface area contributed by atoms with E-state index in [2.05, 4.69) is 0 Å². The minimum absolute atomic E-state index is 0.176. The average Bonchev–Trinajstić information content (AvgIpc) is 2.91. The molecule has 6 heteroatoms. The van der Waals surface area contributed by atoms with Gasteiger partial charge in [-0.25, -0.2) is 4.79 Å². The number of hydrogen-bond acceptors (Lipinski definition) is 4. The Hall–Kier alpha value is -2.50. The van der Waals surface area contributed by atoms with Gasteiger partial charge in [0.25, 0.3) is 11.8 Å². The molecule has 2 aliphatic heterocycles. The first-order chi connectivity index (χ1) is 9.11. The molecule has 6 nitrogen and oxygen atoms in total. The summed E-state index contributed by atoms with van der Waals surface area (Å²) >= 11 is 0. The Balaban J connectivity index is 1.95. The van der Waals surface area contributed by atoms with Crippen molar-refractivity contribution in [3.05, 3.63) is 35.9 Å². The van der Waals surface area contributed by atoms with E-state index in [0.29, 0.717) is 11.3 Å². The zero-order chi connectivity index (χ0) is 13.6. The lowest BCUT2D eigenvalue weighted by atomic mass is 10.2. The fourth-order valence-electron chi connectivity index (χ4n) is 2.41. The summed E-state index contributed by atoms with van der Waals surface area (Å²) in [6, 6.07) is 6.43. The molecule has 96 valence electrons. The van der Waals surface area contributed by atoms with Crippen molar-refractivity contribution in [2.75, 3.05) is 0 Å². The summed E-state index contributed by atoms with van der Waals surface area (Å²) in [7, 11) is 0. The van der Waals surface area contributed by atoms with Crippen LogP contribution in [0.5, 0.6) is 0 Å². The van der Waals surface area contributed by atoms with E-state index < -0.39 is 29.8 Å². The number of fused-ring (bicyclic) bond motifs is 1. The van der Waals surface area contributed by atoms with Gasteiger partial charge in [-0.2, -0.15) is 4.90 Å². The molecule has 1 aromatic carbocycles. The van der Waals surface area contributed by atoms with E-state index in [0.717, 1.165) is 4.90 Å². The highest BCUT2D eigenvalue weighted by atomic mass is 16.2. The van der Waals surface area contributed by atoms with Crippen LogP contribution in [0.15, 0.2) is 30.3 Å². The van der Waals surface area contributed by atoms with Gasteiger partial charge in [0.1, 0.15) is 6.04 Å². The molecule has 5 amide bonds. The number of carbonyl (C=O) groups excluding carboxylic acids is 4. The largest absolute Gasteiger partial charge is 0.341 e. The Labute approximate surface area is 108 Å². The van der Waals surface area contributed by atoms with Crippen molar-refractivity contribution in [1.82, 2.24) is 9.80 Å². The Bertz CT molecular complexity index is 596. The van der Waals surface area contributed by atoms with E-state index in [9.17, 15) is 19.2 Å². The maximum atomic E-state index is 12.2. The lowest BCUT2D eigenvalue weighted by Gasteiger charge is -2.12. The molecule has 1 atom stereocenters. The third-order valence-corrected chi connectivity index (χ3v) is 3.34. The van der Waals surface area contributed by atoms with Crippen LogP contribution in [0.3, 0.4) is 0 Å². The normalized spacial score (nSPS) is 22.1. The van der Waals surface area contributed by atoms with E-state index >= 15 is 0 Å². The molecule has 0 aliphatic carbocycles. The third kappa shape index (κ3) is 1.56. The minimum atomic E-state index is -0.827. The molecule has 2 aliphatic rings. The predicted molar refractivity (Wildman–Crippen MR) is 62.9 cm³/mol. The van der Waals surface area contributed by atoms with Gasteiger partial charge in [-0.05, 0) is 18.6 Å². The second kappa shape index (κ2) is 4.01. The third-order valence-electron chi connectivity index (χ3n) is 3.34. The van der Waals surface area contributed by atoms with E-state index in [1.807, 2.05) is 0 Å². The molecular formula is C13H10N2O4. The molecule has 0 saturated carbocycles. The van der Waals surface area contributed by atoms with Gasteiger partial charge >= 0.3 is 6.03 Å². The van der Waals surface area contributed by atoms with Crippen LogP contribution in [0.1, 0.15) is 23.2 Å². The van der Waals surface area contributed by atoms with Crippen LogP contribution in [0, 0.1) is 0 Å². The quantitative estimate of drug-likeness (QED) is 0.551. The van der Waals surface area contributed by atoms with Crippen LogP contribution < -0.4 is 0 Å². The monoisotopic (exact) mass is 258 g/mol. The highest BCUT2D eigenvalue weighted by Crippen LogP contribution is 2.29. The van der Waals surface area contributed by atoms with Crippen LogP contribution in [0.2, 0.25) is 0 Å². The van der Waals surface area contributed by atoms with E-state index in [4.69, 9.17) is 0 Å². The van der Waals surface area contributed by atoms with Gasteiger partial charge in [0.05, 0.1) is 0 Å². The van der Waals surface area contributed by atoms with Gasteiger partial charge in [-0.15, -0.1) is 0 Å². The van der Waals surface area contributed by atoms with Gasteiger partial charge in [0.15, 0.2) is 0 Å². The predicted octanol–water partition coefficient (Wildman–Crippen LogP) is 0.780. The molecular weight excluding hydrogens is 248 g/mol. The zero-order valence-corrected chi connectivity index (χ0v) is 9.91. The maximum Gasteiger partial charge on any atom is 0.341 e. The number of rotatable bonds is 1. The maximum absolute atomic E-state index is 12.2. The van der Waals surface area contributed by atoms with Gasteiger partial charge < -0.3 is 0 Å². The molecule has 0 N–H and O–H groups in total. The summed E-state index contributed by atoms with van der Waals surface area (Å²) in [5.74, 6) is -1.69. The van der Waals surface area contributed by atoms with Crippen LogP contribution >= 0.6 is 0 Å².